The number of hydrogen-bond donors (Lipinski definition) is 0. The molecule has 3 heteroatoms. The van der Waals surface area contributed by atoms with Gasteiger partial charge >= 0.3 is 0 Å². The monoisotopic (exact) mass is 273 g/mol. The number of hydrogen-bond acceptors (Lipinski definition) is 2. The molecule has 0 fully saturated rings. The van der Waals surface area contributed by atoms with Crippen molar-refractivity contribution in [2.45, 2.75) is 38.9 Å². The Balaban J connectivity index is 2.76. The first-order valence-corrected chi connectivity index (χ1v) is 9.71. The van der Waals surface area contributed by atoms with Crippen LogP contribution in [-0.2, 0) is 0 Å². The summed E-state index contributed by atoms with van der Waals surface area (Å²) in [4.78, 5) is 4.73. The molecule has 1 aromatic heterocycles. The van der Waals surface area contributed by atoms with E-state index in [4.69, 9.17) is 9.72 Å². The van der Waals surface area contributed by atoms with Gasteiger partial charge in [0.05, 0.1) is 7.11 Å². The molecule has 0 bridgehead atoms. The van der Waals surface area contributed by atoms with Crippen LogP contribution in [0.4, 0.5) is 0 Å². The summed E-state index contributed by atoms with van der Waals surface area (Å²) in [6.07, 6.45) is 1.92. The minimum Gasteiger partial charge on any atom is -0.496 e. The van der Waals surface area contributed by atoms with Gasteiger partial charge in [-0.1, -0.05) is 46.0 Å². The van der Waals surface area contributed by atoms with Gasteiger partial charge in [-0.25, -0.2) is 0 Å². The van der Waals surface area contributed by atoms with Crippen LogP contribution in [0.2, 0.25) is 18.1 Å². The van der Waals surface area contributed by atoms with E-state index in [9.17, 15) is 0 Å². The van der Waals surface area contributed by atoms with Crippen molar-refractivity contribution in [1.29, 1.82) is 0 Å². The van der Waals surface area contributed by atoms with Crippen LogP contribution in [0.1, 0.15) is 20.8 Å². The van der Waals surface area contributed by atoms with Crippen LogP contribution in [0.15, 0.2) is 30.5 Å². The van der Waals surface area contributed by atoms with Crippen molar-refractivity contribution in [2.24, 2.45) is 0 Å². The third-order valence-corrected chi connectivity index (χ3v) is 9.79. The highest BCUT2D eigenvalue weighted by Crippen LogP contribution is 2.37. The number of methoxy groups -OCH3 is 1. The van der Waals surface area contributed by atoms with Gasteiger partial charge in [0, 0.05) is 22.3 Å². The lowest BCUT2D eigenvalue weighted by atomic mass is 10.1. The molecule has 0 aliphatic carbocycles. The fraction of sp³-hybridized carbons (Fsp3) is 0.438. The maximum Gasteiger partial charge on any atom is 0.126 e. The Morgan fingerprint density at radius 3 is 2.32 bits per heavy atom. The molecule has 1 aromatic carbocycles. The second kappa shape index (κ2) is 4.64. The van der Waals surface area contributed by atoms with E-state index in [0.717, 1.165) is 5.75 Å². The Bertz CT molecular complexity index is 599. The molecular weight excluding hydrogens is 250 g/mol. The smallest absolute Gasteiger partial charge is 0.126 e. The standard InChI is InChI=1S/C16H23NOSi/c1-16(2,3)19(5,6)15-13-8-7-9-14(18-4)12(13)10-11-17-15/h7-11H,1-6H3. The molecule has 0 N–H and O–H groups in total. The molecule has 1 heterocycles. The molecule has 0 saturated heterocycles. The van der Waals surface area contributed by atoms with Gasteiger partial charge < -0.3 is 4.74 Å². The lowest BCUT2D eigenvalue weighted by molar-refractivity contribution is 0.420. The minimum atomic E-state index is -1.65. The number of nitrogens with zero attached hydrogens (tertiary/aromatic N) is 1. The summed E-state index contributed by atoms with van der Waals surface area (Å²) in [6, 6.07) is 8.28. The Kier molecular flexibility index (Phi) is 3.43. The number of benzene rings is 1. The van der Waals surface area contributed by atoms with Crippen molar-refractivity contribution < 1.29 is 4.74 Å². The maximum absolute atomic E-state index is 5.47. The molecule has 102 valence electrons. The summed E-state index contributed by atoms with van der Waals surface area (Å²) in [5.41, 5.74) is 0. The quantitative estimate of drug-likeness (QED) is 0.773. The SMILES string of the molecule is COc1cccc2c([Si](C)(C)C(C)(C)C)nccc12. The number of fused-ring (bicyclic) bond motifs is 1. The summed E-state index contributed by atoms with van der Waals surface area (Å²) < 4.78 is 5.47. The second-order valence-electron chi connectivity index (χ2n) is 6.59. The molecule has 19 heavy (non-hydrogen) atoms. The van der Waals surface area contributed by atoms with E-state index < -0.39 is 8.07 Å². The first kappa shape index (κ1) is 14.1. The number of pyridine rings is 1. The van der Waals surface area contributed by atoms with Crippen LogP contribution in [-0.4, -0.2) is 20.2 Å². The Morgan fingerprint density at radius 2 is 1.74 bits per heavy atom. The van der Waals surface area contributed by atoms with E-state index in [2.05, 4.69) is 46.0 Å². The van der Waals surface area contributed by atoms with Crippen molar-refractivity contribution in [3.63, 3.8) is 0 Å². The molecule has 2 aromatic rings. The van der Waals surface area contributed by atoms with Crippen LogP contribution < -0.4 is 10.1 Å². The summed E-state index contributed by atoms with van der Waals surface area (Å²) >= 11 is 0. The van der Waals surface area contributed by atoms with Gasteiger partial charge in [0.1, 0.15) is 13.8 Å². The zero-order chi connectivity index (χ0) is 14.3. The first-order chi connectivity index (χ1) is 8.79. The highest BCUT2D eigenvalue weighted by Gasteiger charge is 2.39. The van der Waals surface area contributed by atoms with Gasteiger partial charge in [0.2, 0.25) is 0 Å². The number of ether oxygens (including phenoxy) is 1. The molecule has 0 unspecified atom stereocenters. The molecule has 0 amide bonds. The number of aromatic nitrogens is 1. The predicted octanol–water partition coefficient (Wildman–Crippen LogP) is 3.96. The average molecular weight is 273 g/mol. The topological polar surface area (TPSA) is 22.1 Å². The molecule has 2 nitrogen and oxygen atoms in total. The fourth-order valence-corrected chi connectivity index (χ4v) is 4.21. The van der Waals surface area contributed by atoms with Gasteiger partial charge in [-0.2, -0.15) is 0 Å². The van der Waals surface area contributed by atoms with Crippen LogP contribution >= 0.6 is 0 Å². The van der Waals surface area contributed by atoms with Gasteiger partial charge in [-0.05, 0) is 17.2 Å². The van der Waals surface area contributed by atoms with Crippen molar-refractivity contribution in [3.8, 4) is 5.75 Å². The van der Waals surface area contributed by atoms with Crippen molar-refractivity contribution in [3.05, 3.63) is 30.5 Å². The summed E-state index contributed by atoms with van der Waals surface area (Å²) in [7, 11) is 0.0756. The minimum absolute atomic E-state index is 0.275. The van der Waals surface area contributed by atoms with Crippen molar-refractivity contribution in [1.82, 2.24) is 4.98 Å². The summed E-state index contributed by atoms with van der Waals surface area (Å²) in [5, 5.41) is 3.96. The Morgan fingerprint density at radius 1 is 1.05 bits per heavy atom. The van der Waals surface area contributed by atoms with Gasteiger partial charge in [-0.15, -0.1) is 0 Å². The molecule has 0 spiro atoms. The zero-order valence-electron chi connectivity index (χ0n) is 12.7. The zero-order valence-corrected chi connectivity index (χ0v) is 13.7. The molecule has 2 rings (SSSR count). The van der Waals surface area contributed by atoms with Crippen LogP contribution in [0.5, 0.6) is 5.75 Å². The van der Waals surface area contributed by atoms with Crippen LogP contribution in [0.3, 0.4) is 0 Å². The third-order valence-electron chi connectivity index (χ3n) is 4.45. The average Bonchev–Trinajstić information content (AvgIpc) is 2.35. The predicted molar refractivity (Wildman–Crippen MR) is 85.1 cm³/mol. The first-order valence-electron chi connectivity index (χ1n) is 6.71. The van der Waals surface area contributed by atoms with E-state index in [1.54, 1.807) is 7.11 Å². The lowest BCUT2D eigenvalue weighted by Crippen LogP contribution is -2.51. The molecular formula is C16H23NOSi. The van der Waals surface area contributed by atoms with E-state index in [-0.39, 0.29) is 5.04 Å². The summed E-state index contributed by atoms with van der Waals surface area (Å²) in [5.74, 6) is 0.930. The Hall–Kier alpha value is -1.35. The van der Waals surface area contributed by atoms with E-state index in [1.807, 2.05) is 18.3 Å². The van der Waals surface area contributed by atoms with Gasteiger partial charge in [-0.3, -0.25) is 4.98 Å². The Labute approximate surface area is 116 Å². The normalized spacial score (nSPS) is 12.7. The number of rotatable bonds is 2. The molecule has 0 saturated carbocycles. The molecule has 0 aliphatic rings. The molecule has 0 aliphatic heterocycles. The van der Waals surface area contributed by atoms with E-state index >= 15 is 0 Å². The maximum atomic E-state index is 5.47. The van der Waals surface area contributed by atoms with Crippen LogP contribution in [0, 0.1) is 0 Å². The lowest BCUT2D eigenvalue weighted by Gasteiger charge is -2.36. The third kappa shape index (κ3) is 2.27. The summed E-state index contributed by atoms with van der Waals surface area (Å²) in [6.45, 7) is 11.8. The van der Waals surface area contributed by atoms with Gasteiger partial charge in [0.15, 0.2) is 0 Å². The van der Waals surface area contributed by atoms with Crippen molar-refractivity contribution in [2.75, 3.05) is 7.11 Å². The largest absolute Gasteiger partial charge is 0.496 e. The van der Waals surface area contributed by atoms with Gasteiger partial charge in [0.25, 0.3) is 0 Å². The van der Waals surface area contributed by atoms with Crippen molar-refractivity contribution >= 4 is 24.2 Å². The molecule has 0 atom stereocenters. The highest BCUT2D eigenvalue weighted by molar-refractivity contribution is 6.93. The highest BCUT2D eigenvalue weighted by atomic mass is 28.3. The molecule has 0 radical (unpaired) electrons. The van der Waals surface area contributed by atoms with E-state index in [0.29, 0.717) is 0 Å². The second-order valence-corrected chi connectivity index (χ2v) is 11.8. The van der Waals surface area contributed by atoms with E-state index in [1.165, 1.54) is 16.1 Å². The van der Waals surface area contributed by atoms with Crippen LogP contribution in [0.25, 0.3) is 10.8 Å². The fourth-order valence-electron chi connectivity index (χ4n) is 2.21.